The third-order valence-corrected chi connectivity index (χ3v) is 4.32. The lowest BCUT2D eigenvalue weighted by molar-refractivity contribution is 1.07. The molecule has 0 amide bonds. The predicted molar refractivity (Wildman–Crippen MR) is 93.5 cm³/mol. The number of nitrogens with zero attached hydrogens (tertiary/aromatic N) is 3. The maximum Gasteiger partial charge on any atom is 0.278 e. The Hall–Kier alpha value is -2.81. The number of fused-ring (bicyclic) bond motifs is 3. The third kappa shape index (κ3) is 2.08. The van der Waals surface area contributed by atoms with Gasteiger partial charge in [0, 0.05) is 10.6 Å². The largest absolute Gasteiger partial charge is 0.323 e. The lowest BCUT2D eigenvalue weighted by atomic mass is 10.1. The highest BCUT2D eigenvalue weighted by atomic mass is 35.5. The zero-order chi connectivity index (χ0) is 16.8. The van der Waals surface area contributed by atoms with Gasteiger partial charge in [-0.25, -0.2) is 9.38 Å². The van der Waals surface area contributed by atoms with Crippen LogP contribution < -0.4 is 5.56 Å². The number of aromatic nitrogens is 3. The molecule has 0 fully saturated rings. The van der Waals surface area contributed by atoms with Gasteiger partial charge in [-0.15, -0.1) is 0 Å². The molecule has 24 heavy (non-hydrogen) atoms. The number of nitrogens with one attached hydrogen (secondary N) is 1. The van der Waals surface area contributed by atoms with Gasteiger partial charge in [0.15, 0.2) is 0 Å². The first-order valence-corrected chi connectivity index (χ1v) is 7.75. The molecule has 5 nitrogen and oxygen atoms in total. The molecule has 0 bridgehead atoms. The molecule has 116 valence electrons. The second kappa shape index (κ2) is 5.38. The molecule has 0 aliphatic rings. The van der Waals surface area contributed by atoms with Crippen LogP contribution in [0.5, 0.6) is 0 Å². The lowest BCUT2D eigenvalue weighted by Crippen LogP contribution is -2.18. The van der Waals surface area contributed by atoms with E-state index in [4.69, 9.17) is 23.2 Å². The quantitative estimate of drug-likeness (QED) is 0.560. The van der Waals surface area contributed by atoms with Gasteiger partial charge < -0.3 is 4.98 Å². The normalized spacial score (nSPS) is 11.0. The number of para-hydroxylation sites is 2. The first-order valence-electron chi connectivity index (χ1n) is 6.99. The number of halogens is 2. The molecule has 0 saturated heterocycles. The Morgan fingerprint density at radius 3 is 2.71 bits per heavy atom. The van der Waals surface area contributed by atoms with Gasteiger partial charge in [0.05, 0.1) is 21.7 Å². The number of benzene rings is 2. The molecule has 2 aromatic heterocycles. The van der Waals surface area contributed by atoms with E-state index in [-0.39, 0.29) is 11.3 Å². The fraction of sp³-hybridized carbons (Fsp3) is 0. The molecule has 0 atom stereocenters. The zero-order valence-corrected chi connectivity index (χ0v) is 13.6. The van der Waals surface area contributed by atoms with Gasteiger partial charge in [-0.1, -0.05) is 35.3 Å². The predicted octanol–water partition coefficient (Wildman–Crippen LogP) is 4.02. The average molecular weight is 355 g/mol. The van der Waals surface area contributed by atoms with E-state index in [1.165, 1.54) is 4.40 Å². The minimum Gasteiger partial charge on any atom is -0.323 e. The van der Waals surface area contributed by atoms with Crippen molar-refractivity contribution >= 4 is 40.0 Å². The summed E-state index contributed by atoms with van der Waals surface area (Å²) in [4.78, 5) is 20.4. The van der Waals surface area contributed by atoms with Gasteiger partial charge in [0.1, 0.15) is 11.6 Å². The summed E-state index contributed by atoms with van der Waals surface area (Å²) < 4.78 is 1.39. The van der Waals surface area contributed by atoms with Crippen LogP contribution in [-0.2, 0) is 0 Å². The average Bonchev–Trinajstić information content (AvgIpc) is 2.93. The lowest BCUT2D eigenvalue weighted by Gasteiger charge is -2.06. The maximum absolute atomic E-state index is 12.8. The van der Waals surface area contributed by atoms with Gasteiger partial charge >= 0.3 is 0 Å². The van der Waals surface area contributed by atoms with Crippen LogP contribution in [0, 0.1) is 11.3 Å². The summed E-state index contributed by atoms with van der Waals surface area (Å²) in [7, 11) is 0. The van der Waals surface area contributed by atoms with Gasteiger partial charge in [-0.2, -0.15) is 5.26 Å². The molecule has 4 aromatic rings. The van der Waals surface area contributed by atoms with E-state index in [9.17, 15) is 10.1 Å². The number of rotatable bonds is 1. The van der Waals surface area contributed by atoms with Crippen molar-refractivity contribution in [1.29, 1.82) is 5.26 Å². The Morgan fingerprint density at radius 2 is 1.96 bits per heavy atom. The van der Waals surface area contributed by atoms with Crippen LogP contribution in [0.4, 0.5) is 0 Å². The van der Waals surface area contributed by atoms with Crippen molar-refractivity contribution in [3.63, 3.8) is 0 Å². The van der Waals surface area contributed by atoms with Gasteiger partial charge in [0.25, 0.3) is 5.56 Å². The van der Waals surface area contributed by atoms with E-state index in [0.29, 0.717) is 26.9 Å². The molecule has 1 N–H and O–H groups in total. The van der Waals surface area contributed by atoms with E-state index < -0.39 is 5.56 Å². The molecule has 0 radical (unpaired) electrons. The van der Waals surface area contributed by atoms with Crippen molar-refractivity contribution in [2.24, 2.45) is 0 Å². The van der Waals surface area contributed by atoms with Crippen molar-refractivity contribution in [2.75, 3.05) is 0 Å². The molecule has 4 rings (SSSR count). The topological polar surface area (TPSA) is 73.9 Å². The van der Waals surface area contributed by atoms with Crippen LogP contribution >= 0.6 is 23.2 Å². The number of H-pyrrole nitrogens is 1. The second-order valence-electron chi connectivity index (χ2n) is 5.18. The molecule has 2 heterocycles. The highest BCUT2D eigenvalue weighted by molar-refractivity contribution is 6.36. The number of imidazole rings is 1. The summed E-state index contributed by atoms with van der Waals surface area (Å²) in [6.07, 6.45) is 0. The summed E-state index contributed by atoms with van der Waals surface area (Å²) in [5.74, 6) is 0.348. The Morgan fingerprint density at radius 1 is 1.17 bits per heavy atom. The van der Waals surface area contributed by atoms with Crippen LogP contribution in [0.2, 0.25) is 10.0 Å². The van der Waals surface area contributed by atoms with Crippen molar-refractivity contribution in [3.05, 3.63) is 68.4 Å². The summed E-state index contributed by atoms with van der Waals surface area (Å²) in [6.45, 7) is 0. The zero-order valence-electron chi connectivity index (χ0n) is 12.0. The van der Waals surface area contributed by atoms with Gasteiger partial charge in [-0.3, -0.25) is 4.79 Å². The number of hydrogen-bond acceptors (Lipinski definition) is 3. The second-order valence-corrected chi connectivity index (χ2v) is 6.02. The van der Waals surface area contributed by atoms with Crippen LogP contribution in [0.15, 0.2) is 47.3 Å². The molecule has 0 spiro atoms. The number of hydrogen-bond donors (Lipinski definition) is 1. The molecule has 7 heteroatoms. The first-order chi connectivity index (χ1) is 11.6. The van der Waals surface area contributed by atoms with Gasteiger partial charge in [-0.05, 0) is 30.3 Å². The Balaban J connectivity index is 2.16. The molecular weight excluding hydrogens is 347 g/mol. The summed E-state index contributed by atoms with van der Waals surface area (Å²) in [5, 5.41) is 10.3. The monoisotopic (exact) mass is 354 g/mol. The molecule has 0 saturated carbocycles. The van der Waals surface area contributed by atoms with Crippen LogP contribution in [0.3, 0.4) is 0 Å². The standard InChI is InChI=1S/C17H8Cl2N4O/c18-9-5-6-10(12(19)7-9)15-11(8-20)16(24)23-14-4-2-1-3-13(14)21-17(23)22-15/h1-7H,(H,21,22). The van der Waals surface area contributed by atoms with Crippen molar-refractivity contribution in [1.82, 2.24) is 14.4 Å². The van der Waals surface area contributed by atoms with E-state index in [0.717, 1.165) is 5.52 Å². The fourth-order valence-corrected chi connectivity index (χ4v) is 3.20. The minimum absolute atomic E-state index is 0.0681. The molecule has 0 unspecified atom stereocenters. The Bertz CT molecular complexity index is 1220. The van der Waals surface area contributed by atoms with Crippen molar-refractivity contribution in [2.45, 2.75) is 0 Å². The van der Waals surface area contributed by atoms with E-state index in [1.54, 1.807) is 24.3 Å². The van der Waals surface area contributed by atoms with Crippen LogP contribution in [-0.4, -0.2) is 14.4 Å². The molecule has 0 aliphatic carbocycles. The van der Waals surface area contributed by atoms with E-state index in [1.807, 2.05) is 24.3 Å². The highest BCUT2D eigenvalue weighted by Gasteiger charge is 2.19. The Labute approximate surface area is 145 Å². The molecule has 2 aromatic carbocycles. The third-order valence-electron chi connectivity index (χ3n) is 3.77. The fourth-order valence-electron chi connectivity index (χ4n) is 2.70. The molecular formula is C17H8Cl2N4O. The first kappa shape index (κ1) is 14.8. The maximum atomic E-state index is 12.8. The SMILES string of the molecule is N#Cc1c(-c2ccc(Cl)cc2Cl)nc2[nH]c3ccccc3n2c1=O. The van der Waals surface area contributed by atoms with E-state index >= 15 is 0 Å². The summed E-state index contributed by atoms with van der Waals surface area (Å²) in [6, 6.07) is 14.1. The molecule has 0 aliphatic heterocycles. The van der Waals surface area contributed by atoms with Gasteiger partial charge in [0.2, 0.25) is 5.78 Å². The number of aromatic amines is 1. The van der Waals surface area contributed by atoms with E-state index in [2.05, 4.69) is 9.97 Å². The van der Waals surface area contributed by atoms with Crippen molar-refractivity contribution < 1.29 is 0 Å². The summed E-state index contributed by atoms with van der Waals surface area (Å²) >= 11 is 12.1. The van der Waals surface area contributed by atoms with Crippen LogP contribution in [0.25, 0.3) is 28.1 Å². The number of nitriles is 1. The smallest absolute Gasteiger partial charge is 0.278 e. The Kier molecular flexibility index (Phi) is 3.31. The summed E-state index contributed by atoms with van der Waals surface area (Å²) in [5.41, 5.74) is 1.62. The van der Waals surface area contributed by atoms with Crippen molar-refractivity contribution in [3.8, 4) is 17.3 Å². The highest BCUT2D eigenvalue weighted by Crippen LogP contribution is 2.30. The minimum atomic E-state index is -0.444. The van der Waals surface area contributed by atoms with Crippen LogP contribution in [0.1, 0.15) is 5.56 Å².